The first kappa shape index (κ1) is 13.8. The van der Waals surface area contributed by atoms with E-state index in [1.165, 1.54) is 0 Å². The van der Waals surface area contributed by atoms with E-state index in [-0.39, 0.29) is 6.61 Å². The molecule has 0 aromatic heterocycles. The van der Waals surface area contributed by atoms with Crippen LogP contribution in [0.2, 0.25) is 5.02 Å². The monoisotopic (exact) mass is 257 g/mol. The molecule has 0 unspecified atom stereocenters. The van der Waals surface area contributed by atoms with E-state index in [1.54, 1.807) is 25.1 Å². The fraction of sp³-hybridized carbons (Fsp3) is 0.417. The van der Waals surface area contributed by atoms with Crippen LogP contribution < -0.4 is 4.90 Å². The maximum atomic E-state index is 11.4. The quantitative estimate of drug-likeness (QED) is 0.839. The summed E-state index contributed by atoms with van der Waals surface area (Å²) in [5.41, 5.74) is 1.26. The Balaban J connectivity index is 2.95. The van der Waals surface area contributed by atoms with Crippen molar-refractivity contribution >= 4 is 23.3 Å². The minimum Gasteiger partial charge on any atom is -0.464 e. The molecule has 0 aliphatic carbocycles. The second-order valence-corrected chi connectivity index (χ2v) is 4.16. The molecule has 0 bridgehead atoms. The Labute approximate surface area is 106 Å². The van der Waals surface area contributed by atoms with Crippen molar-refractivity contribution in [3.63, 3.8) is 0 Å². The minimum atomic E-state index is -1.33. The number of carbonyl (C=O) groups is 1. The lowest BCUT2D eigenvalue weighted by Crippen LogP contribution is -2.16. The Bertz CT molecular complexity index is 407. The minimum absolute atomic E-state index is 0.225. The zero-order valence-electron chi connectivity index (χ0n) is 10.1. The van der Waals surface area contributed by atoms with Crippen molar-refractivity contribution in [1.82, 2.24) is 0 Å². The van der Waals surface area contributed by atoms with Gasteiger partial charge in [0.1, 0.15) is 0 Å². The zero-order chi connectivity index (χ0) is 13.0. The molecule has 0 aliphatic rings. The van der Waals surface area contributed by atoms with Gasteiger partial charge in [-0.25, -0.2) is 4.79 Å². The smallest absolute Gasteiger partial charge is 0.339 e. The number of esters is 1. The molecule has 1 aromatic rings. The number of aliphatic hydroxyl groups is 1. The Morgan fingerprint density at radius 2 is 2.18 bits per heavy atom. The molecule has 0 heterocycles. The molecule has 0 radical (unpaired) electrons. The molecule has 1 N–H and O–H groups in total. The molecule has 94 valence electrons. The highest BCUT2D eigenvalue weighted by Gasteiger charge is 2.21. The summed E-state index contributed by atoms with van der Waals surface area (Å²) in [6.45, 7) is 1.91. The summed E-state index contributed by atoms with van der Waals surface area (Å²) >= 11 is 6.02. The van der Waals surface area contributed by atoms with Crippen LogP contribution in [0.25, 0.3) is 0 Å². The van der Waals surface area contributed by atoms with Crippen LogP contribution in [0.1, 0.15) is 18.6 Å². The molecule has 1 rings (SSSR count). The molecule has 17 heavy (non-hydrogen) atoms. The van der Waals surface area contributed by atoms with Gasteiger partial charge in [-0.1, -0.05) is 17.7 Å². The van der Waals surface area contributed by atoms with Crippen LogP contribution in [-0.4, -0.2) is 31.8 Å². The van der Waals surface area contributed by atoms with Crippen molar-refractivity contribution < 1.29 is 14.6 Å². The van der Waals surface area contributed by atoms with Gasteiger partial charge in [-0.2, -0.15) is 0 Å². The predicted molar refractivity (Wildman–Crippen MR) is 67.4 cm³/mol. The molecular formula is C12H16ClNO3. The van der Waals surface area contributed by atoms with E-state index < -0.39 is 12.1 Å². The SMILES string of the molecule is CCOC(=O)[C@H](O)c1ccc(N(C)C)cc1Cl. The number of hydrogen-bond donors (Lipinski definition) is 1. The van der Waals surface area contributed by atoms with Crippen LogP contribution in [-0.2, 0) is 9.53 Å². The van der Waals surface area contributed by atoms with Crippen LogP contribution >= 0.6 is 11.6 Å². The first-order valence-electron chi connectivity index (χ1n) is 5.28. The highest BCUT2D eigenvalue weighted by Crippen LogP contribution is 2.27. The molecule has 1 aromatic carbocycles. The van der Waals surface area contributed by atoms with E-state index >= 15 is 0 Å². The van der Waals surface area contributed by atoms with Crippen molar-refractivity contribution in [3.05, 3.63) is 28.8 Å². The third-order valence-electron chi connectivity index (χ3n) is 2.30. The number of halogens is 1. The van der Waals surface area contributed by atoms with Crippen LogP contribution in [0.5, 0.6) is 0 Å². The average molecular weight is 258 g/mol. The number of nitrogens with zero attached hydrogens (tertiary/aromatic N) is 1. The molecule has 0 saturated carbocycles. The lowest BCUT2D eigenvalue weighted by atomic mass is 10.1. The Morgan fingerprint density at radius 3 is 2.65 bits per heavy atom. The number of aliphatic hydroxyl groups excluding tert-OH is 1. The number of ether oxygens (including phenoxy) is 1. The van der Waals surface area contributed by atoms with Gasteiger partial charge in [0.25, 0.3) is 0 Å². The molecule has 0 spiro atoms. The zero-order valence-corrected chi connectivity index (χ0v) is 10.9. The third-order valence-corrected chi connectivity index (χ3v) is 2.63. The Hall–Kier alpha value is -1.26. The topological polar surface area (TPSA) is 49.8 Å². The fourth-order valence-corrected chi connectivity index (χ4v) is 1.64. The maximum absolute atomic E-state index is 11.4. The predicted octanol–water partition coefficient (Wildman–Crippen LogP) is 2.00. The van der Waals surface area contributed by atoms with Crippen molar-refractivity contribution in [2.75, 3.05) is 25.6 Å². The number of carbonyl (C=O) groups excluding carboxylic acids is 1. The van der Waals surface area contributed by atoms with Gasteiger partial charge in [-0.15, -0.1) is 0 Å². The van der Waals surface area contributed by atoms with Gasteiger partial charge in [0, 0.05) is 30.4 Å². The van der Waals surface area contributed by atoms with E-state index in [0.29, 0.717) is 10.6 Å². The van der Waals surface area contributed by atoms with Gasteiger partial charge in [0.2, 0.25) is 0 Å². The first-order chi connectivity index (χ1) is 7.97. The summed E-state index contributed by atoms with van der Waals surface area (Å²) in [5.74, 6) is -0.688. The lowest BCUT2D eigenvalue weighted by molar-refractivity contribution is -0.153. The highest BCUT2D eigenvalue weighted by atomic mass is 35.5. The van der Waals surface area contributed by atoms with E-state index in [4.69, 9.17) is 16.3 Å². The summed E-state index contributed by atoms with van der Waals surface area (Å²) in [5, 5.41) is 10.1. The number of rotatable bonds is 4. The fourth-order valence-electron chi connectivity index (χ4n) is 1.36. The van der Waals surface area contributed by atoms with Crippen LogP contribution in [0, 0.1) is 0 Å². The molecule has 5 heteroatoms. The van der Waals surface area contributed by atoms with Gasteiger partial charge in [-0.3, -0.25) is 0 Å². The highest BCUT2D eigenvalue weighted by molar-refractivity contribution is 6.31. The summed E-state index contributed by atoms with van der Waals surface area (Å²) < 4.78 is 4.73. The van der Waals surface area contributed by atoms with E-state index in [0.717, 1.165) is 5.69 Å². The van der Waals surface area contributed by atoms with Crippen LogP contribution in [0.3, 0.4) is 0 Å². The summed E-state index contributed by atoms with van der Waals surface area (Å²) in [7, 11) is 3.76. The van der Waals surface area contributed by atoms with Gasteiger partial charge in [0.05, 0.1) is 6.61 Å². The summed E-state index contributed by atoms with van der Waals surface area (Å²) in [6, 6.07) is 5.10. The van der Waals surface area contributed by atoms with Crippen molar-refractivity contribution in [3.8, 4) is 0 Å². The maximum Gasteiger partial charge on any atom is 0.339 e. The molecule has 0 aliphatic heterocycles. The normalized spacial score (nSPS) is 12.1. The Morgan fingerprint density at radius 1 is 1.53 bits per heavy atom. The molecular weight excluding hydrogens is 242 g/mol. The Kier molecular flexibility index (Phi) is 4.78. The van der Waals surface area contributed by atoms with E-state index in [9.17, 15) is 9.90 Å². The molecule has 0 amide bonds. The van der Waals surface area contributed by atoms with Crippen LogP contribution in [0.15, 0.2) is 18.2 Å². The van der Waals surface area contributed by atoms with Gasteiger partial charge < -0.3 is 14.7 Å². The second-order valence-electron chi connectivity index (χ2n) is 3.75. The van der Waals surface area contributed by atoms with Crippen molar-refractivity contribution in [2.45, 2.75) is 13.0 Å². The molecule has 4 nitrogen and oxygen atoms in total. The van der Waals surface area contributed by atoms with Crippen LogP contribution in [0.4, 0.5) is 5.69 Å². The number of benzene rings is 1. The molecule has 0 saturated heterocycles. The molecule has 0 fully saturated rings. The van der Waals surface area contributed by atoms with Gasteiger partial charge in [-0.05, 0) is 19.1 Å². The van der Waals surface area contributed by atoms with E-state index in [1.807, 2.05) is 19.0 Å². The largest absolute Gasteiger partial charge is 0.464 e. The first-order valence-corrected chi connectivity index (χ1v) is 5.66. The standard InChI is InChI=1S/C12H16ClNO3/c1-4-17-12(16)11(15)9-6-5-8(14(2)3)7-10(9)13/h5-7,11,15H,4H2,1-3H3/t11-/m1/s1. The van der Waals surface area contributed by atoms with Crippen molar-refractivity contribution in [1.29, 1.82) is 0 Å². The number of anilines is 1. The average Bonchev–Trinajstić information content (AvgIpc) is 2.28. The molecule has 1 atom stereocenters. The second kappa shape index (κ2) is 5.89. The third kappa shape index (κ3) is 3.35. The lowest BCUT2D eigenvalue weighted by Gasteiger charge is -2.16. The van der Waals surface area contributed by atoms with Gasteiger partial charge in [0.15, 0.2) is 6.10 Å². The number of hydrogen-bond acceptors (Lipinski definition) is 4. The van der Waals surface area contributed by atoms with Gasteiger partial charge >= 0.3 is 5.97 Å². The van der Waals surface area contributed by atoms with Crippen molar-refractivity contribution in [2.24, 2.45) is 0 Å². The summed E-state index contributed by atoms with van der Waals surface area (Å²) in [4.78, 5) is 13.3. The summed E-state index contributed by atoms with van der Waals surface area (Å²) in [6.07, 6.45) is -1.33. The van der Waals surface area contributed by atoms with E-state index in [2.05, 4.69) is 0 Å².